The largest absolute Gasteiger partial charge is 0.306 e. The molecule has 0 saturated carbocycles. The Bertz CT molecular complexity index is 338. The second-order valence-electron chi connectivity index (χ2n) is 2.81. The SMILES string of the molecule is [2H]C([2H])(N[C@@H](C)c1ccccc1)C(=C)Br. The van der Waals surface area contributed by atoms with Gasteiger partial charge >= 0.3 is 0 Å². The first-order chi connectivity index (χ1) is 6.93. The Labute approximate surface area is 90.8 Å². The van der Waals surface area contributed by atoms with Crippen LogP contribution in [0.2, 0.25) is 0 Å². The van der Waals surface area contributed by atoms with Crippen LogP contribution in [-0.4, -0.2) is 6.50 Å². The van der Waals surface area contributed by atoms with Gasteiger partial charge in [-0.15, -0.1) is 0 Å². The molecule has 0 saturated heterocycles. The molecule has 0 aliphatic rings. The minimum atomic E-state index is -1.60. The summed E-state index contributed by atoms with van der Waals surface area (Å²) in [7, 11) is 0. The van der Waals surface area contributed by atoms with Gasteiger partial charge in [0.05, 0.1) is 0 Å². The number of hydrogen-bond donors (Lipinski definition) is 1. The normalized spacial score (nSPS) is 15.8. The van der Waals surface area contributed by atoms with E-state index in [-0.39, 0.29) is 6.04 Å². The standard InChI is InChI=1S/C11H14BrN/c1-9(12)8-13-10(2)11-6-4-3-5-7-11/h3-7,10,13H,1,8H2,2H3/t10-/m0/s1/i8D2. The predicted octanol–water partition coefficient (Wildman–Crippen LogP) is 3.25. The Kier molecular flexibility index (Phi) is 3.11. The molecule has 0 radical (unpaired) electrons. The van der Waals surface area contributed by atoms with Gasteiger partial charge in [-0.3, -0.25) is 0 Å². The van der Waals surface area contributed by atoms with Gasteiger partial charge < -0.3 is 5.32 Å². The summed E-state index contributed by atoms with van der Waals surface area (Å²) in [5, 5.41) is 2.86. The molecule has 1 nitrogen and oxygen atoms in total. The molecule has 0 amide bonds. The summed E-state index contributed by atoms with van der Waals surface area (Å²) in [4.78, 5) is 0. The van der Waals surface area contributed by atoms with Crippen LogP contribution in [0.4, 0.5) is 0 Å². The van der Waals surface area contributed by atoms with E-state index < -0.39 is 6.50 Å². The summed E-state index contributed by atoms with van der Waals surface area (Å²) in [6, 6.07) is 9.68. The van der Waals surface area contributed by atoms with Crippen LogP contribution in [-0.2, 0) is 0 Å². The van der Waals surface area contributed by atoms with Gasteiger partial charge in [-0.1, -0.05) is 52.8 Å². The molecule has 0 aromatic heterocycles. The fraction of sp³-hybridized carbons (Fsp3) is 0.273. The van der Waals surface area contributed by atoms with Gasteiger partial charge in [0.2, 0.25) is 0 Å². The summed E-state index contributed by atoms with van der Waals surface area (Å²) in [6.07, 6.45) is 0. The fourth-order valence-corrected chi connectivity index (χ4v) is 1.13. The minimum Gasteiger partial charge on any atom is -0.306 e. The van der Waals surface area contributed by atoms with Crippen LogP contribution in [0.25, 0.3) is 0 Å². The smallest absolute Gasteiger partial charge is 0.0484 e. The van der Waals surface area contributed by atoms with Crippen molar-refractivity contribution in [3.8, 4) is 0 Å². The second-order valence-corrected chi connectivity index (χ2v) is 3.76. The van der Waals surface area contributed by atoms with E-state index in [4.69, 9.17) is 2.74 Å². The van der Waals surface area contributed by atoms with E-state index >= 15 is 0 Å². The van der Waals surface area contributed by atoms with E-state index in [2.05, 4.69) is 27.8 Å². The third-order valence-electron chi connectivity index (χ3n) is 1.72. The number of halogens is 1. The molecule has 0 aliphatic carbocycles. The molecular formula is C11H14BrN. The molecule has 1 atom stereocenters. The van der Waals surface area contributed by atoms with Gasteiger partial charge in [-0.25, -0.2) is 0 Å². The number of rotatable bonds is 4. The molecule has 0 heterocycles. The van der Waals surface area contributed by atoms with Gasteiger partial charge in [-0.2, -0.15) is 0 Å². The Balaban J connectivity index is 2.72. The van der Waals surface area contributed by atoms with Crippen molar-refractivity contribution in [1.82, 2.24) is 5.32 Å². The molecule has 0 unspecified atom stereocenters. The highest BCUT2D eigenvalue weighted by Crippen LogP contribution is 2.11. The minimum absolute atomic E-state index is 0.0597. The average molecular weight is 242 g/mol. The first kappa shape index (κ1) is 7.77. The summed E-state index contributed by atoms with van der Waals surface area (Å²) >= 11 is 3.06. The molecular weight excluding hydrogens is 226 g/mol. The van der Waals surface area contributed by atoms with Crippen molar-refractivity contribution in [3.63, 3.8) is 0 Å². The number of hydrogen-bond acceptors (Lipinski definition) is 1. The lowest BCUT2D eigenvalue weighted by Crippen LogP contribution is -2.19. The first-order valence-corrected chi connectivity index (χ1v) is 4.90. The molecule has 1 aromatic carbocycles. The van der Waals surface area contributed by atoms with Crippen molar-refractivity contribution in [1.29, 1.82) is 0 Å². The third kappa shape index (κ3) is 3.75. The lowest BCUT2D eigenvalue weighted by molar-refractivity contribution is 0.616. The zero-order valence-corrected chi connectivity index (χ0v) is 9.14. The molecule has 70 valence electrons. The maximum atomic E-state index is 7.67. The second kappa shape index (κ2) is 5.20. The Morgan fingerprint density at radius 3 is 2.77 bits per heavy atom. The maximum Gasteiger partial charge on any atom is 0.0484 e. The Hall–Kier alpha value is -0.600. The van der Waals surface area contributed by atoms with Gasteiger partial charge in [0.1, 0.15) is 0 Å². The van der Waals surface area contributed by atoms with Crippen LogP contribution >= 0.6 is 15.9 Å². The topological polar surface area (TPSA) is 12.0 Å². The van der Waals surface area contributed by atoms with Crippen molar-refractivity contribution >= 4 is 15.9 Å². The first-order valence-electron chi connectivity index (χ1n) is 5.11. The molecule has 0 aliphatic heterocycles. The van der Waals surface area contributed by atoms with E-state index in [0.717, 1.165) is 5.56 Å². The molecule has 1 rings (SSSR count). The van der Waals surface area contributed by atoms with Crippen molar-refractivity contribution < 1.29 is 2.74 Å². The highest BCUT2D eigenvalue weighted by atomic mass is 79.9. The molecule has 0 fully saturated rings. The van der Waals surface area contributed by atoms with E-state index in [9.17, 15) is 0 Å². The summed E-state index contributed by atoms with van der Waals surface area (Å²) in [5.41, 5.74) is 1.05. The van der Waals surface area contributed by atoms with Crippen LogP contribution in [0.5, 0.6) is 0 Å². The molecule has 1 aromatic rings. The van der Waals surface area contributed by atoms with Crippen LogP contribution in [0.1, 0.15) is 21.3 Å². The maximum absolute atomic E-state index is 7.67. The summed E-state index contributed by atoms with van der Waals surface area (Å²) < 4.78 is 15.6. The lowest BCUT2D eigenvalue weighted by atomic mass is 10.1. The van der Waals surface area contributed by atoms with Gasteiger partial charge in [0.15, 0.2) is 0 Å². The van der Waals surface area contributed by atoms with Crippen molar-refractivity contribution in [2.24, 2.45) is 0 Å². The zero-order chi connectivity index (χ0) is 11.5. The van der Waals surface area contributed by atoms with E-state index in [1.54, 1.807) is 0 Å². The molecule has 2 heteroatoms. The highest BCUT2D eigenvalue weighted by Gasteiger charge is 2.02. The Morgan fingerprint density at radius 2 is 2.23 bits per heavy atom. The highest BCUT2D eigenvalue weighted by molar-refractivity contribution is 9.11. The molecule has 1 N–H and O–H groups in total. The van der Waals surface area contributed by atoms with Gasteiger partial charge in [0.25, 0.3) is 0 Å². The van der Waals surface area contributed by atoms with Crippen LogP contribution < -0.4 is 5.32 Å². The van der Waals surface area contributed by atoms with E-state index in [1.165, 1.54) is 0 Å². The van der Waals surface area contributed by atoms with Crippen molar-refractivity contribution in [3.05, 3.63) is 47.0 Å². The van der Waals surface area contributed by atoms with E-state index in [1.807, 2.05) is 37.3 Å². The van der Waals surface area contributed by atoms with Gasteiger partial charge in [-0.05, 0) is 12.5 Å². The number of benzene rings is 1. The van der Waals surface area contributed by atoms with Crippen LogP contribution in [0.15, 0.2) is 41.4 Å². The van der Waals surface area contributed by atoms with Crippen LogP contribution in [0, 0.1) is 0 Å². The lowest BCUT2D eigenvalue weighted by Gasteiger charge is -2.13. The summed E-state index contributed by atoms with van der Waals surface area (Å²) in [5.74, 6) is 0. The van der Waals surface area contributed by atoms with Crippen molar-refractivity contribution in [2.45, 2.75) is 13.0 Å². The van der Waals surface area contributed by atoms with Gasteiger partial charge in [0, 0.05) is 19.8 Å². The van der Waals surface area contributed by atoms with Crippen LogP contribution in [0.3, 0.4) is 0 Å². The third-order valence-corrected chi connectivity index (χ3v) is 1.92. The van der Waals surface area contributed by atoms with E-state index in [0.29, 0.717) is 4.48 Å². The zero-order valence-electron chi connectivity index (χ0n) is 9.55. The quantitative estimate of drug-likeness (QED) is 0.854. The van der Waals surface area contributed by atoms with Crippen molar-refractivity contribution in [2.75, 3.05) is 6.50 Å². The molecule has 13 heavy (non-hydrogen) atoms. The predicted molar refractivity (Wildman–Crippen MR) is 60.9 cm³/mol. The monoisotopic (exact) mass is 241 g/mol. The molecule has 0 spiro atoms. The average Bonchev–Trinajstić information content (AvgIpc) is 2.18. The Morgan fingerprint density at radius 1 is 1.62 bits per heavy atom. The number of nitrogens with one attached hydrogen (secondary N) is 1. The fourth-order valence-electron chi connectivity index (χ4n) is 1.01. The molecule has 0 bridgehead atoms. The summed E-state index contributed by atoms with van der Waals surface area (Å²) in [6.45, 7) is 3.87.